The Balaban J connectivity index is 2.09. The molecule has 0 aliphatic carbocycles. The largest absolute Gasteiger partial charge is 0.312 e. The van der Waals surface area contributed by atoms with Gasteiger partial charge in [0.25, 0.3) is 5.95 Å². The minimum Gasteiger partial charge on any atom is -0.312 e. The second kappa shape index (κ2) is 7.26. The zero-order chi connectivity index (χ0) is 15.2. The normalized spacial score (nSPS) is 11.3. The second-order valence-corrected chi connectivity index (χ2v) is 5.48. The lowest BCUT2D eigenvalue weighted by Crippen LogP contribution is -2.19. The number of rotatable bonds is 7. The van der Waals surface area contributed by atoms with E-state index in [-0.39, 0.29) is 0 Å². The third-order valence-electron chi connectivity index (χ3n) is 3.11. The minimum atomic E-state index is 0.589. The summed E-state index contributed by atoms with van der Waals surface area (Å²) in [5, 5.41) is 7.83. The van der Waals surface area contributed by atoms with Crippen molar-refractivity contribution in [3.05, 3.63) is 29.6 Å². The van der Waals surface area contributed by atoms with Crippen molar-refractivity contribution < 1.29 is 0 Å². The van der Waals surface area contributed by atoms with E-state index in [2.05, 4.69) is 46.1 Å². The van der Waals surface area contributed by atoms with Crippen molar-refractivity contribution in [2.24, 2.45) is 5.92 Å². The number of nitrogens with one attached hydrogen (secondary N) is 1. The predicted molar refractivity (Wildman–Crippen MR) is 82.2 cm³/mol. The van der Waals surface area contributed by atoms with E-state index in [0.29, 0.717) is 11.9 Å². The molecule has 0 aromatic carbocycles. The Labute approximate surface area is 126 Å². The Morgan fingerprint density at radius 3 is 2.43 bits per heavy atom. The van der Waals surface area contributed by atoms with Crippen molar-refractivity contribution in [3.63, 3.8) is 0 Å². The zero-order valence-electron chi connectivity index (χ0n) is 13.3. The van der Waals surface area contributed by atoms with Crippen LogP contribution in [0, 0.1) is 5.92 Å². The molecule has 114 valence electrons. The molecule has 2 aromatic heterocycles. The molecule has 2 heterocycles. The Hall–Kier alpha value is -1.82. The molecule has 6 heteroatoms. The van der Waals surface area contributed by atoms with Crippen molar-refractivity contribution in [1.82, 2.24) is 30.0 Å². The van der Waals surface area contributed by atoms with Gasteiger partial charge in [0.2, 0.25) is 0 Å². The van der Waals surface area contributed by atoms with Crippen molar-refractivity contribution >= 4 is 0 Å². The van der Waals surface area contributed by atoms with Gasteiger partial charge in [0, 0.05) is 37.3 Å². The van der Waals surface area contributed by atoms with Crippen molar-refractivity contribution in [1.29, 1.82) is 0 Å². The molecule has 0 atom stereocenters. The van der Waals surface area contributed by atoms with Crippen LogP contribution in [0.5, 0.6) is 0 Å². The average molecular weight is 288 g/mol. The summed E-state index contributed by atoms with van der Waals surface area (Å²) in [6.07, 6.45) is 5.33. The lowest BCUT2D eigenvalue weighted by atomic mass is 10.2. The van der Waals surface area contributed by atoms with Crippen molar-refractivity contribution in [3.8, 4) is 5.95 Å². The van der Waals surface area contributed by atoms with Crippen LogP contribution in [0.2, 0.25) is 0 Å². The van der Waals surface area contributed by atoms with Gasteiger partial charge in [-0.15, -0.1) is 5.10 Å². The maximum Gasteiger partial charge on any atom is 0.252 e. The van der Waals surface area contributed by atoms with Gasteiger partial charge in [-0.1, -0.05) is 27.7 Å². The molecule has 1 N–H and O–H groups in total. The van der Waals surface area contributed by atoms with E-state index >= 15 is 0 Å². The lowest BCUT2D eigenvalue weighted by molar-refractivity contribution is 0.551. The van der Waals surface area contributed by atoms with Gasteiger partial charge >= 0.3 is 0 Å². The van der Waals surface area contributed by atoms with Crippen LogP contribution in [0.4, 0.5) is 0 Å². The lowest BCUT2D eigenvalue weighted by Gasteiger charge is -2.07. The number of hydrogen-bond acceptors (Lipinski definition) is 5. The third-order valence-corrected chi connectivity index (χ3v) is 3.11. The fraction of sp³-hybridized carbons (Fsp3) is 0.600. The number of hydrogen-bond donors (Lipinski definition) is 1. The van der Waals surface area contributed by atoms with E-state index in [4.69, 9.17) is 0 Å². The first kappa shape index (κ1) is 15.6. The van der Waals surface area contributed by atoms with E-state index in [9.17, 15) is 0 Å². The fourth-order valence-electron chi connectivity index (χ4n) is 1.98. The second-order valence-electron chi connectivity index (χ2n) is 5.48. The molecule has 0 spiro atoms. The maximum atomic E-state index is 4.47. The third kappa shape index (κ3) is 4.07. The standard InChI is InChI=1S/C15H24N6/c1-5-13-19-14(6-2)21(20-13)15-17-9-12(10-18-15)8-16-7-11(3)4/h9-11,16H,5-8H2,1-4H3. The summed E-state index contributed by atoms with van der Waals surface area (Å²) in [4.78, 5) is 13.3. The smallest absolute Gasteiger partial charge is 0.252 e. The van der Waals surface area contributed by atoms with Crippen LogP contribution < -0.4 is 5.32 Å². The molecule has 0 aliphatic rings. The van der Waals surface area contributed by atoms with Crippen LogP contribution in [0.15, 0.2) is 12.4 Å². The van der Waals surface area contributed by atoms with E-state index in [1.54, 1.807) is 4.68 Å². The monoisotopic (exact) mass is 288 g/mol. The predicted octanol–water partition coefficient (Wildman–Crippen LogP) is 1.93. The van der Waals surface area contributed by atoms with Gasteiger partial charge in [-0.25, -0.2) is 15.0 Å². The van der Waals surface area contributed by atoms with Crippen molar-refractivity contribution in [2.45, 2.75) is 47.1 Å². The summed E-state index contributed by atoms with van der Waals surface area (Å²) in [6.45, 7) is 10.3. The van der Waals surface area contributed by atoms with Crippen molar-refractivity contribution in [2.75, 3.05) is 6.54 Å². The maximum absolute atomic E-state index is 4.47. The van der Waals surface area contributed by atoms with Gasteiger partial charge in [-0.3, -0.25) is 0 Å². The molecule has 2 rings (SSSR count). The Morgan fingerprint density at radius 2 is 1.86 bits per heavy atom. The Bertz CT molecular complexity index is 558. The molecular formula is C15H24N6. The molecule has 0 amide bonds. The molecule has 0 saturated carbocycles. The highest BCUT2D eigenvalue weighted by Gasteiger charge is 2.11. The summed E-state index contributed by atoms with van der Waals surface area (Å²) in [7, 11) is 0. The summed E-state index contributed by atoms with van der Waals surface area (Å²) >= 11 is 0. The fourth-order valence-corrected chi connectivity index (χ4v) is 1.98. The SMILES string of the molecule is CCc1nc(CC)n(-c2ncc(CNCC(C)C)cn2)n1. The van der Waals surface area contributed by atoms with E-state index in [1.165, 1.54) is 0 Å². The molecule has 0 unspecified atom stereocenters. The molecule has 0 saturated heterocycles. The molecule has 0 aliphatic heterocycles. The summed E-state index contributed by atoms with van der Waals surface area (Å²) in [5.74, 6) is 2.96. The van der Waals surface area contributed by atoms with Gasteiger partial charge in [0.15, 0.2) is 5.82 Å². The first-order valence-electron chi connectivity index (χ1n) is 7.60. The molecule has 21 heavy (non-hydrogen) atoms. The summed E-state index contributed by atoms with van der Waals surface area (Å²) < 4.78 is 1.74. The van der Waals surface area contributed by atoms with Crippen LogP contribution >= 0.6 is 0 Å². The van der Waals surface area contributed by atoms with Crippen LogP contribution in [-0.2, 0) is 19.4 Å². The molecule has 6 nitrogen and oxygen atoms in total. The van der Waals surface area contributed by atoms with E-state index in [1.807, 2.05) is 19.3 Å². The zero-order valence-corrected chi connectivity index (χ0v) is 13.3. The molecular weight excluding hydrogens is 264 g/mol. The topological polar surface area (TPSA) is 68.5 Å². The van der Waals surface area contributed by atoms with Gasteiger partial charge < -0.3 is 5.32 Å². The number of nitrogens with zero attached hydrogens (tertiary/aromatic N) is 5. The van der Waals surface area contributed by atoms with Gasteiger partial charge in [-0.05, 0) is 12.5 Å². The highest BCUT2D eigenvalue weighted by molar-refractivity contribution is 5.16. The number of aryl methyl sites for hydroxylation is 2. The van der Waals surface area contributed by atoms with Gasteiger partial charge in [0.05, 0.1) is 0 Å². The van der Waals surface area contributed by atoms with Gasteiger partial charge in [-0.2, -0.15) is 4.68 Å². The van der Waals surface area contributed by atoms with Crippen LogP contribution in [-0.4, -0.2) is 31.3 Å². The molecule has 0 bridgehead atoms. The molecule has 2 aromatic rings. The molecule has 0 fully saturated rings. The highest BCUT2D eigenvalue weighted by Crippen LogP contribution is 2.07. The minimum absolute atomic E-state index is 0.589. The Kier molecular flexibility index (Phi) is 5.38. The van der Waals surface area contributed by atoms with Crippen LogP contribution in [0.25, 0.3) is 5.95 Å². The quantitative estimate of drug-likeness (QED) is 0.843. The summed E-state index contributed by atoms with van der Waals surface area (Å²) in [5.41, 5.74) is 1.08. The van der Waals surface area contributed by atoms with Crippen LogP contribution in [0.1, 0.15) is 44.9 Å². The Morgan fingerprint density at radius 1 is 1.14 bits per heavy atom. The van der Waals surface area contributed by atoms with Crippen LogP contribution in [0.3, 0.4) is 0 Å². The molecule has 0 radical (unpaired) electrons. The average Bonchev–Trinajstić information content (AvgIpc) is 2.91. The van der Waals surface area contributed by atoms with E-state index in [0.717, 1.165) is 43.1 Å². The number of aromatic nitrogens is 5. The van der Waals surface area contributed by atoms with E-state index < -0.39 is 0 Å². The van der Waals surface area contributed by atoms with Gasteiger partial charge in [0.1, 0.15) is 5.82 Å². The highest BCUT2D eigenvalue weighted by atomic mass is 15.4. The first-order chi connectivity index (χ1) is 10.1. The summed E-state index contributed by atoms with van der Waals surface area (Å²) in [6, 6.07) is 0. The first-order valence-corrected chi connectivity index (χ1v) is 7.60.